The number of aromatic nitrogens is 4. The Bertz CT molecular complexity index is 2540. The van der Waals surface area contributed by atoms with Crippen molar-refractivity contribution in [1.82, 2.24) is 19.5 Å². The van der Waals surface area contributed by atoms with Crippen LogP contribution in [0, 0.1) is 6.92 Å². The van der Waals surface area contributed by atoms with Crippen molar-refractivity contribution in [3.8, 4) is 39.9 Å². The van der Waals surface area contributed by atoms with E-state index in [-0.39, 0.29) is 0 Å². The van der Waals surface area contributed by atoms with Crippen LogP contribution < -0.4 is 0 Å². The molecule has 0 saturated carbocycles. The van der Waals surface area contributed by atoms with Gasteiger partial charge in [0.05, 0.1) is 16.4 Å². The molecule has 9 aromatic rings. The molecule has 0 spiro atoms. The monoisotopic (exact) mass is 578 g/mol. The molecule has 0 aliphatic heterocycles. The van der Waals surface area contributed by atoms with E-state index >= 15 is 0 Å². The smallest absolute Gasteiger partial charge is 0.164 e. The molecule has 5 nitrogen and oxygen atoms in total. The van der Waals surface area contributed by atoms with E-state index < -0.39 is 0 Å². The highest BCUT2D eigenvalue weighted by Crippen LogP contribution is 2.40. The average Bonchev–Trinajstić information content (AvgIpc) is 3.64. The van der Waals surface area contributed by atoms with E-state index in [0.29, 0.717) is 17.5 Å². The first-order valence-corrected chi connectivity index (χ1v) is 15.0. The summed E-state index contributed by atoms with van der Waals surface area (Å²) in [4.78, 5) is 14.8. The van der Waals surface area contributed by atoms with Gasteiger partial charge in [0.1, 0.15) is 11.2 Å². The first-order valence-electron chi connectivity index (χ1n) is 15.0. The fourth-order valence-corrected chi connectivity index (χ4v) is 6.43. The lowest BCUT2D eigenvalue weighted by Gasteiger charge is -2.11. The Morgan fingerprint density at radius 3 is 1.91 bits per heavy atom. The van der Waals surface area contributed by atoms with Gasteiger partial charge in [-0.3, -0.25) is 0 Å². The number of benzene rings is 6. The number of para-hydroxylation sites is 2. The van der Waals surface area contributed by atoms with Crippen LogP contribution >= 0.6 is 0 Å². The van der Waals surface area contributed by atoms with Crippen LogP contribution in [0.2, 0.25) is 0 Å². The molecular weight excluding hydrogens is 552 g/mol. The largest absolute Gasteiger partial charge is 0.456 e. The van der Waals surface area contributed by atoms with Crippen molar-refractivity contribution in [1.29, 1.82) is 0 Å². The molecule has 0 aliphatic rings. The summed E-state index contributed by atoms with van der Waals surface area (Å²) in [6.07, 6.45) is 0. The Hall–Kier alpha value is -6.07. The number of rotatable bonds is 4. The van der Waals surface area contributed by atoms with Gasteiger partial charge in [0, 0.05) is 38.5 Å². The zero-order valence-corrected chi connectivity index (χ0v) is 24.5. The van der Waals surface area contributed by atoms with Gasteiger partial charge in [-0.2, -0.15) is 0 Å². The highest BCUT2D eigenvalue weighted by atomic mass is 16.3. The summed E-state index contributed by atoms with van der Waals surface area (Å²) in [6, 6.07) is 48.0. The van der Waals surface area contributed by atoms with E-state index in [1.54, 1.807) is 0 Å². The van der Waals surface area contributed by atoms with Crippen LogP contribution in [-0.2, 0) is 0 Å². The second kappa shape index (κ2) is 10.00. The normalized spacial score (nSPS) is 11.7. The maximum Gasteiger partial charge on any atom is 0.164 e. The van der Waals surface area contributed by atoms with Crippen molar-refractivity contribution >= 4 is 43.7 Å². The second-order valence-corrected chi connectivity index (χ2v) is 11.4. The van der Waals surface area contributed by atoms with Crippen LogP contribution in [0.25, 0.3) is 83.6 Å². The maximum absolute atomic E-state index is 6.29. The lowest BCUT2D eigenvalue weighted by Crippen LogP contribution is -2.00. The molecule has 0 saturated heterocycles. The fraction of sp³-hybridized carbons (Fsp3) is 0.0250. The molecule has 212 valence electrons. The third kappa shape index (κ3) is 4.13. The quantitative estimate of drug-likeness (QED) is 0.208. The summed E-state index contributed by atoms with van der Waals surface area (Å²) in [6.45, 7) is 2.08. The minimum Gasteiger partial charge on any atom is -0.456 e. The van der Waals surface area contributed by atoms with Crippen LogP contribution in [0.4, 0.5) is 0 Å². The molecule has 5 heteroatoms. The van der Waals surface area contributed by atoms with Gasteiger partial charge in [-0.15, -0.1) is 0 Å². The van der Waals surface area contributed by atoms with Gasteiger partial charge in [-0.05, 0) is 61.5 Å². The molecule has 0 unspecified atom stereocenters. The molecular formula is C40H26N4O. The summed E-state index contributed by atoms with van der Waals surface area (Å²) in [5.74, 6) is 1.94. The van der Waals surface area contributed by atoms with E-state index in [2.05, 4.69) is 96.4 Å². The van der Waals surface area contributed by atoms with E-state index in [9.17, 15) is 0 Å². The van der Waals surface area contributed by atoms with Gasteiger partial charge in [0.15, 0.2) is 17.5 Å². The highest BCUT2D eigenvalue weighted by molar-refractivity contribution is 6.24. The number of fused-ring (bicyclic) bond motifs is 7. The van der Waals surface area contributed by atoms with Gasteiger partial charge in [0.2, 0.25) is 0 Å². The van der Waals surface area contributed by atoms with E-state index in [4.69, 9.17) is 19.4 Å². The first-order chi connectivity index (χ1) is 22.2. The predicted molar refractivity (Wildman–Crippen MR) is 182 cm³/mol. The molecule has 0 amide bonds. The molecule has 9 rings (SSSR count). The molecule has 6 aromatic carbocycles. The van der Waals surface area contributed by atoms with Crippen LogP contribution in [0.5, 0.6) is 0 Å². The summed E-state index contributed by atoms with van der Waals surface area (Å²) in [5, 5.41) is 4.63. The molecule has 0 radical (unpaired) electrons. The van der Waals surface area contributed by atoms with Gasteiger partial charge in [-0.25, -0.2) is 15.0 Å². The van der Waals surface area contributed by atoms with Crippen LogP contribution in [0.15, 0.2) is 144 Å². The van der Waals surface area contributed by atoms with Gasteiger partial charge in [-0.1, -0.05) is 90.5 Å². The minimum absolute atomic E-state index is 0.636. The Morgan fingerprint density at radius 2 is 1.13 bits per heavy atom. The highest BCUT2D eigenvalue weighted by Gasteiger charge is 2.19. The Balaban J connectivity index is 1.24. The topological polar surface area (TPSA) is 56.7 Å². The van der Waals surface area contributed by atoms with Crippen molar-refractivity contribution in [3.05, 3.63) is 145 Å². The van der Waals surface area contributed by atoms with Crippen LogP contribution in [-0.4, -0.2) is 19.5 Å². The Kier molecular flexibility index (Phi) is 5.65. The van der Waals surface area contributed by atoms with Gasteiger partial charge >= 0.3 is 0 Å². The van der Waals surface area contributed by atoms with Crippen molar-refractivity contribution < 1.29 is 4.42 Å². The average molecular weight is 579 g/mol. The van der Waals surface area contributed by atoms with E-state index in [1.807, 2.05) is 54.6 Å². The summed E-state index contributed by atoms with van der Waals surface area (Å²) in [5.41, 5.74) is 9.11. The van der Waals surface area contributed by atoms with Crippen molar-refractivity contribution in [3.63, 3.8) is 0 Å². The SMILES string of the molecule is Cc1cccc(-c2nc(-c3ccccc3)nc(-c3ccc(-n4c5ccccc5c5ccc6oc7ccccc7c6c54)cc3)n2)c1. The van der Waals surface area contributed by atoms with Crippen LogP contribution in [0.1, 0.15) is 5.56 Å². The van der Waals surface area contributed by atoms with Crippen molar-refractivity contribution in [2.24, 2.45) is 0 Å². The maximum atomic E-state index is 6.29. The van der Waals surface area contributed by atoms with Crippen LogP contribution in [0.3, 0.4) is 0 Å². The Morgan fingerprint density at radius 1 is 0.489 bits per heavy atom. The zero-order valence-electron chi connectivity index (χ0n) is 24.5. The number of nitrogens with zero attached hydrogens (tertiary/aromatic N) is 4. The number of hydrogen-bond acceptors (Lipinski definition) is 4. The molecule has 0 fully saturated rings. The first kappa shape index (κ1) is 25.4. The lowest BCUT2D eigenvalue weighted by atomic mass is 10.1. The van der Waals surface area contributed by atoms with E-state index in [1.165, 1.54) is 10.8 Å². The van der Waals surface area contributed by atoms with Gasteiger partial charge in [0.25, 0.3) is 0 Å². The molecule has 45 heavy (non-hydrogen) atoms. The lowest BCUT2D eigenvalue weighted by molar-refractivity contribution is 0.669. The third-order valence-corrected chi connectivity index (χ3v) is 8.50. The molecule has 0 bridgehead atoms. The number of hydrogen-bond donors (Lipinski definition) is 0. The van der Waals surface area contributed by atoms with Crippen molar-refractivity contribution in [2.45, 2.75) is 6.92 Å². The zero-order chi connectivity index (χ0) is 29.9. The number of aryl methyl sites for hydroxylation is 1. The Labute approximate surface area is 259 Å². The molecule has 0 aliphatic carbocycles. The second-order valence-electron chi connectivity index (χ2n) is 11.4. The predicted octanol–water partition coefficient (Wildman–Crippen LogP) is 10.2. The molecule has 0 atom stereocenters. The molecule has 3 heterocycles. The standard InChI is InChI=1S/C40H26N4O/c1-25-10-9-13-28(24-25)40-42-38(26-11-3-2-4-12-26)41-39(43-40)27-18-20-29(21-19-27)44-33-16-7-5-14-30(33)31-22-23-35-36(37(31)44)32-15-6-8-17-34(32)45-35/h2-24H,1H3. The fourth-order valence-electron chi connectivity index (χ4n) is 6.43. The minimum atomic E-state index is 0.636. The summed E-state index contributed by atoms with van der Waals surface area (Å²) < 4.78 is 8.64. The summed E-state index contributed by atoms with van der Waals surface area (Å²) in [7, 11) is 0. The summed E-state index contributed by atoms with van der Waals surface area (Å²) >= 11 is 0. The molecule has 3 aromatic heterocycles. The number of furan rings is 1. The van der Waals surface area contributed by atoms with E-state index in [0.717, 1.165) is 60.9 Å². The van der Waals surface area contributed by atoms with Gasteiger partial charge < -0.3 is 8.98 Å². The third-order valence-electron chi connectivity index (χ3n) is 8.50. The van der Waals surface area contributed by atoms with Crippen molar-refractivity contribution in [2.75, 3.05) is 0 Å². The molecule has 0 N–H and O–H groups in total.